The number of hydrogen-bond acceptors (Lipinski definition) is 1. The molecule has 0 saturated heterocycles. The molecule has 1 saturated carbocycles. The molecule has 0 radical (unpaired) electrons. The number of benzene rings is 1. The van der Waals surface area contributed by atoms with Crippen molar-refractivity contribution in [1.29, 1.82) is 0 Å². The van der Waals surface area contributed by atoms with Crippen LogP contribution in [0.4, 0.5) is 4.39 Å². The van der Waals surface area contributed by atoms with E-state index >= 15 is 0 Å². The van der Waals surface area contributed by atoms with Gasteiger partial charge in [0.25, 0.3) is 0 Å². The van der Waals surface area contributed by atoms with Gasteiger partial charge >= 0.3 is 0 Å². The monoisotopic (exact) mass is 208 g/mol. The third-order valence-electron chi connectivity index (χ3n) is 3.20. The van der Waals surface area contributed by atoms with E-state index in [1.807, 2.05) is 0 Å². The van der Waals surface area contributed by atoms with Crippen LogP contribution in [0, 0.1) is 17.7 Å². The smallest absolute Gasteiger partial charge is 0.165 e. The number of rotatable bonds is 3. The molecule has 0 bridgehead atoms. The van der Waals surface area contributed by atoms with Crippen LogP contribution in [0.15, 0.2) is 24.3 Å². The number of para-hydroxylation sites is 1. The second kappa shape index (κ2) is 4.21. The number of ether oxygens (including phenoxy) is 1. The highest BCUT2D eigenvalue weighted by Crippen LogP contribution is 2.36. The standard InChI is InChI=1S/C13H17FO/c1-9(2)10-7-11(8-10)15-13-6-4-3-5-12(13)14/h3-6,9-11H,7-8H2,1-2H3. The van der Waals surface area contributed by atoms with Crippen LogP contribution in [-0.4, -0.2) is 6.10 Å². The number of halogens is 1. The summed E-state index contributed by atoms with van der Waals surface area (Å²) >= 11 is 0. The molecule has 0 aromatic heterocycles. The molecule has 0 spiro atoms. The first kappa shape index (κ1) is 10.5. The van der Waals surface area contributed by atoms with Crippen molar-refractivity contribution in [3.05, 3.63) is 30.1 Å². The van der Waals surface area contributed by atoms with E-state index in [1.54, 1.807) is 18.2 Å². The third-order valence-corrected chi connectivity index (χ3v) is 3.20. The largest absolute Gasteiger partial charge is 0.487 e. The summed E-state index contributed by atoms with van der Waals surface area (Å²) in [5, 5.41) is 0. The Balaban J connectivity index is 1.88. The summed E-state index contributed by atoms with van der Waals surface area (Å²) in [7, 11) is 0. The van der Waals surface area contributed by atoms with Gasteiger partial charge in [-0.05, 0) is 36.8 Å². The summed E-state index contributed by atoms with van der Waals surface area (Å²) in [6, 6.07) is 6.61. The zero-order valence-electron chi connectivity index (χ0n) is 9.24. The molecule has 15 heavy (non-hydrogen) atoms. The summed E-state index contributed by atoms with van der Waals surface area (Å²) in [5.74, 6) is 1.60. The van der Waals surface area contributed by atoms with Gasteiger partial charge in [0.05, 0.1) is 6.10 Å². The molecule has 0 amide bonds. The van der Waals surface area contributed by atoms with Crippen LogP contribution in [0.5, 0.6) is 5.75 Å². The molecule has 1 fully saturated rings. The van der Waals surface area contributed by atoms with E-state index in [9.17, 15) is 4.39 Å². The second-order valence-electron chi connectivity index (χ2n) is 4.65. The van der Waals surface area contributed by atoms with Gasteiger partial charge in [-0.1, -0.05) is 26.0 Å². The van der Waals surface area contributed by atoms with Crippen LogP contribution in [0.25, 0.3) is 0 Å². The maximum atomic E-state index is 13.2. The fourth-order valence-electron chi connectivity index (χ4n) is 1.97. The van der Waals surface area contributed by atoms with E-state index in [4.69, 9.17) is 4.74 Å². The molecule has 1 aliphatic rings. The van der Waals surface area contributed by atoms with Gasteiger partial charge in [-0.15, -0.1) is 0 Å². The van der Waals surface area contributed by atoms with Gasteiger partial charge in [-0.2, -0.15) is 0 Å². The average Bonchev–Trinajstić information content (AvgIpc) is 2.12. The molecule has 2 heteroatoms. The van der Waals surface area contributed by atoms with Gasteiger partial charge in [-0.25, -0.2) is 4.39 Å². The predicted octanol–water partition coefficient (Wildman–Crippen LogP) is 3.64. The van der Waals surface area contributed by atoms with Crippen molar-refractivity contribution in [1.82, 2.24) is 0 Å². The molecule has 0 unspecified atom stereocenters. The van der Waals surface area contributed by atoms with E-state index in [0.717, 1.165) is 18.8 Å². The van der Waals surface area contributed by atoms with Crippen LogP contribution in [0.2, 0.25) is 0 Å². The van der Waals surface area contributed by atoms with Crippen LogP contribution in [-0.2, 0) is 0 Å². The second-order valence-corrected chi connectivity index (χ2v) is 4.65. The van der Waals surface area contributed by atoms with Crippen molar-refractivity contribution < 1.29 is 9.13 Å². The van der Waals surface area contributed by atoms with Crippen molar-refractivity contribution in [2.45, 2.75) is 32.8 Å². The fraction of sp³-hybridized carbons (Fsp3) is 0.538. The molecular formula is C13H17FO. The molecule has 82 valence electrons. The van der Waals surface area contributed by atoms with Crippen LogP contribution < -0.4 is 4.74 Å². The van der Waals surface area contributed by atoms with Crippen LogP contribution in [0.3, 0.4) is 0 Å². The lowest BCUT2D eigenvalue weighted by Gasteiger charge is -2.37. The summed E-state index contributed by atoms with van der Waals surface area (Å²) in [6.07, 6.45) is 2.34. The van der Waals surface area contributed by atoms with E-state index in [0.29, 0.717) is 11.7 Å². The quantitative estimate of drug-likeness (QED) is 0.737. The van der Waals surface area contributed by atoms with Crippen molar-refractivity contribution >= 4 is 0 Å². The molecule has 0 heterocycles. The lowest BCUT2D eigenvalue weighted by Crippen LogP contribution is -2.36. The minimum Gasteiger partial charge on any atom is -0.487 e. The lowest BCUT2D eigenvalue weighted by atomic mass is 9.75. The van der Waals surface area contributed by atoms with Gasteiger partial charge in [-0.3, -0.25) is 0 Å². The summed E-state index contributed by atoms with van der Waals surface area (Å²) in [6.45, 7) is 4.45. The first-order valence-corrected chi connectivity index (χ1v) is 5.58. The minimum absolute atomic E-state index is 0.217. The Morgan fingerprint density at radius 3 is 2.53 bits per heavy atom. The zero-order chi connectivity index (χ0) is 10.8. The predicted molar refractivity (Wildman–Crippen MR) is 58.4 cm³/mol. The van der Waals surface area contributed by atoms with E-state index in [-0.39, 0.29) is 11.9 Å². The van der Waals surface area contributed by atoms with Crippen LogP contribution in [0.1, 0.15) is 26.7 Å². The first-order valence-electron chi connectivity index (χ1n) is 5.58. The van der Waals surface area contributed by atoms with Gasteiger partial charge in [0.15, 0.2) is 11.6 Å². The fourth-order valence-corrected chi connectivity index (χ4v) is 1.97. The average molecular weight is 208 g/mol. The summed E-state index contributed by atoms with van der Waals surface area (Å²) in [5.41, 5.74) is 0. The van der Waals surface area contributed by atoms with Gasteiger partial charge in [0.1, 0.15) is 0 Å². The van der Waals surface area contributed by atoms with E-state index in [1.165, 1.54) is 6.07 Å². The van der Waals surface area contributed by atoms with Gasteiger partial charge < -0.3 is 4.74 Å². The molecule has 1 nitrogen and oxygen atoms in total. The van der Waals surface area contributed by atoms with E-state index < -0.39 is 0 Å². The lowest BCUT2D eigenvalue weighted by molar-refractivity contribution is 0.0388. The van der Waals surface area contributed by atoms with Crippen molar-refractivity contribution in [3.8, 4) is 5.75 Å². The highest BCUT2D eigenvalue weighted by atomic mass is 19.1. The molecule has 1 aliphatic carbocycles. The Hall–Kier alpha value is -1.05. The highest BCUT2D eigenvalue weighted by Gasteiger charge is 2.33. The molecule has 1 aromatic rings. The normalized spacial score (nSPS) is 25.1. The molecule has 2 rings (SSSR count). The minimum atomic E-state index is -0.259. The van der Waals surface area contributed by atoms with E-state index in [2.05, 4.69) is 13.8 Å². The molecule has 0 aliphatic heterocycles. The molecular weight excluding hydrogens is 191 g/mol. The Morgan fingerprint density at radius 1 is 1.27 bits per heavy atom. The Kier molecular flexibility index (Phi) is 2.94. The highest BCUT2D eigenvalue weighted by molar-refractivity contribution is 5.24. The molecule has 0 atom stereocenters. The van der Waals surface area contributed by atoms with Crippen molar-refractivity contribution in [2.24, 2.45) is 11.8 Å². The number of hydrogen-bond donors (Lipinski definition) is 0. The molecule has 0 N–H and O–H groups in total. The SMILES string of the molecule is CC(C)C1CC(Oc2ccccc2F)C1. The van der Waals surface area contributed by atoms with Crippen molar-refractivity contribution in [3.63, 3.8) is 0 Å². The maximum Gasteiger partial charge on any atom is 0.165 e. The topological polar surface area (TPSA) is 9.23 Å². The van der Waals surface area contributed by atoms with Gasteiger partial charge in [0.2, 0.25) is 0 Å². The Bertz CT molecular complexity index is 329. The van der Waals surface area contributed by atoms with Crippen LogP contribution >= 0.6 is 0 Å². The first-order chi connectivity index (χ1) is 7.16. The Labute approximate surface area is 90.3 Å². The molecule has 1 aromatic carbocycles. The Morgan fingerprint density at radius 2 is 1.93 bits per heavy atom. The van der Waals surface area contributed by atoms with Gasteiger partial charge in [0, 0.05) is 0 Å². The van der Waals surface area contributed by atoms with Crippen molar-refractivity contribution in [2.75, 3.05) is 0 Å². The summed E-state index contributed by atoms with van der Waals surface area (Å²) in [4.78, 5) is 0. The summed E-state index contributed by atoms with van der Waals surface area (Å²) < 4.78 is 18.8. The third kappa shape index (κ3) is 2.31. The maximum absolute atomic E-state index is 13.2. The zero-order valence-corrected chi connectivity index (χ0v) is 9.24.